The Hall–Kier alpha value is -2.31. The van der Waals surface area contributed by atoms with Crippen LogP contribution in [0.15, 0.2) is 42.7 Å². The van der Waals surface area contributed by atoms with E-state index in [1.807, 2.05) is 16.9 Å². The molecule has 4 rings (SSSR count). The number of nitrogens with zero attached hydrogens (tertiary/aromatic N) is 5. The molecule has 5 nitrogen and oxygen atoms in total. The van der Waals surface area contributed by atoms with E-state index in [1.165, 1.54) is 29.7 Å². The van der Waals surface area contributed by atoms with Crippen LogP contribution in [-0.2, 0) is 19.5 Å². The highest BCUT2D eigenvalue weighted by Crippen LogP contribution is 2.28. The maximum atomic E-state index is 5.96. The van der Waals surface area contributed by atoms with E-state index >= 15 is 0 Å². The van der Waals surface area contributed by atoms with E-state index in [9.17, 15) is 0 Å². The van der Waals surface area contributed by atoms with Gasteiger partial charge in [0, 0.05) is 18.0 Å². The van der Waals surface area contributed by atoms with Crippen LogP contribution in [0.3, 0.4) is 0 Å². The largest absolute Gasteiger partial charge is 0.284 e. The first-order valence-corrected chi connectivity index (χ1v) is 10.6. The number of rotatable bonds is 6. The number of pyridine rings is 1. The molecule has 0 saturated carbocycles. The molecule has 1 aliphatic rings. The highest BCUT2D eigenvalue weighted by molar-refractivity contribution is 7.71. The minimum atomic E-state index is 0.745. The second kappa shape index (κ2) is 8.37. The van der Waals surface area contributed by atoms with Gasteiger partial charge in [-0.2, -0.15) is 0 Å². The van der Waals surface area contributed by atoms with Crippen molar-refractivity contribution in [2.24, 2.45) is 0 Å². The summed E-state index contributed by atoms with van der Waals surface area (Å²) in [5.41, 5.74) is 4.76. The number of likely N-dealkylation sites (tertiary alicyclic amines) is 1. The van der Waals surface area contributed by atoms with Gasteiger partial charge in [0.15, 0.2) is 5.82 Å². The van der Waals surface area contributed by atoms with Gasteiger partial charge in [0.05, 0.1) is 12.4 Å². The van der Waals surface area contributed by atoms with Crippen molar-refractivity contribution in [1.29, 1.82) is 0 Å². The molecule has 0 N–H and O–H groups in total. The third-order valence-electron chi connectivity index (χ3n) is 5.48. The van der Waals surface area contributed by atoms with Crippen LogP contribution in [0, 0.1) is 4.77 Å². The molecule has 0 aliphatic carbocycles. The van der Waals surface area contributed by atoms with Gasteiger partial charge in [-0.15, -0.1) is 5.10 Å². The maximum absolute atomic E-state index is 5.96. The quantitative estimate of drug-likeness (QED) is 0.572. The molecule has 3 aromatic rings. The number of hydrogen-bond donors (Lipinski definition) is 0. The maximum Gasteiger partial charge on any atom is 0.204 e. The van der Waals surface area contributed by atoms with Gasteiger partial charge in [-0.3, -0.25) is 14.5 Å². The molecule has 1 aliphatic heterocycles. The van der Waals surface area contributed by atoms with Crippen molar-refractivity contribution in [3.05, 3.63) is 58.6 Å². The lowest BCUT2D eigenvalue weighted by molar-refractivity contribution is 0.253. The van der Waals surface area contributed by atoms with Crippen molar-refractivity contribution < 1.29 is 0 Å². The van der Waals surface area contributed by atoms with E-state index in [2.05, 4.69) is 52.6 Å². The topological polar surface area (TPSA) is 38.9 Å². The first kappa shape index (κ1) is 19.0. The van der Waals surface area contributed by atoms with Crippen LogP contribution in [0.1, 0.15) is 37.8 Å². The zero-order valence-corrected chi connectivity index (χ0v) is 17.5. The normalized spacial score (nSPS) is 14.6. The van der Waals surface area contributed by atoms with E-state index in [0.29, 0.717) is 0 Å². The molecule has 0 bridgehead atoms. The Morgan fingerprint density at radius 1 is 1.00 bits per heavy atom. The number of hydrogen-bond acceptors (Lipinski definition) is 4. The Labute approximate surface area is 171 Å². The Morgan fingerprint density at radius 2 is 1.71 bits per heavy atom. The van der Waals surface area contributed by atoms with Crippen LogP contribution >= 0.6 is 12.2 Å². The number of benzene rings is 1. The van der Waals surface area contributed by atoms with Crippen molar-refractivity contribution in [3.8, 4) is 17.1 Å². The molecular weight excluding hydrogens is 366 g/mol. The monoisotopic (exact) mass is 393 g/mol. The lowest BCUT2D eigenvalue weighted by atomic mass is 10.0. The fraction of sp³-hybridized carbons (Fsp3) is 0.409. The smallest absolute Gasteiger partial charge is 0.204 e. The van der Waals surface area contributed by atoms with Gasteiger partial charge in [-0.05, 0) is 74.3 Å². The summed E-state index contributed by atoms with van der Waals surface area (Å²) in [7, 11) is 0. The van der Waals surface area contributed by atoms with Crippen molar-refractivity contribution in [2.45, 2.75) is 46.2 Å². The summed E-state index contributed by atoms with van der Waals surface area (Å²) >= 11 is 5.96. The van der Waals surface area contributed by atoms with Gasteiger partial charge in [-0.25, -0.2) is 4.68 Å². The van der Waals surface area contributed by atoms with Crippen molar-refractivity contribution in [1.82, 2.24) is 24.2 Å². The van der Waals surface area contributed by atoms with Crippen LogP contribution in [0.5, 0.6) is 0 Å². The van der Waals surface area contributed by atoms with E-state index in [1.54, 1.807) is 6.20 Å². The van der Waals surface area contributed by atoms with Gasteiger partial charge in [-0.1, -0.05) is 32.0 Å². The van der Waals surface area contributed by atoms with Crippen molar-refractivity contribution >= 4 is 12.2 Å². The third-order valence-corrected chi connectivity index (χ3v) is 5.87. The fourth-order valence-corrected chi connectivity index (χ4v) is 4.28. The highest BCUT2D eigenvalue weighted by atomic mass is 32.1. The zero-order chi connectivity index (χ0) is 19.5. The van der Waals surface area contributed by atoms with Crippen molar-refractivity contribution in [2.75, 3.05) is 13.1 Å². The average molecular weight is 394 g/mol. The molecule has 146 valence electrons. The summed E-state index contributed by atoms with van der Waals surface area (Å²) in [4.78, 5) is 6.74. The summed E-state index contributed by atoms with van der Waals surface area (Å²) in [5.74, 6) is 0.868. The van der Waals surface area contributed by atoms with Gasteiger partial charge >= 0.3 is 0 Å². The van der Waals surface area contributed by atoms with E-state index in [-0.39, 0.29) is 0 Å². The van der Waals surface area contributed by atoms with Gasteiger partial charge in [0.1, 0.15) is 0 Å². The molecule has 0 spiro atoms. The van der Waals surface area contributed by atoms with E-state index in [4.69, 9.17) is 17.3 Å². The lowest BCUT2D eigenvalue weighted by Crippen LogP contribution is -2.23. The van der Waals surface area contributed by atoms with Gasteiger partial charge in [0.25, 0.3) is 0 Å². The van der Waals surface area contributed by atoms with Crippen LogP contribution < -0.4 is 0 Å². The molecule has 1 saturated heterocycles. The summed E-state index contributed by atoms with van der Waals surface area (Å²) in [6.07, 6.45) is 8.07. The summed E-state index contributed by atoms with van der Waals surface area (Å²) in [5, 5.41) is 4.96. The molecular formula is C22H27N5S. The van der Waals surface area contributed by atoms with Gasteiger partial charge < -0.3 is 0 Å². The Morgan fingerprint density at radius 3 is 2.32 bits per heavy atom. The molecule has 28 heavy (non-hydrogen) atoms. The predicted molar refractivity (Wildman–Crippen MR) is 115 cm³/mol. The first-order chi connectivity index (χ1) is 13.7. The van der Waals surface area contributed by atoms with Gasteiger partial charge in [0.2, 0.25) is 4.77 Å². The molecule has 2 aromatic heterocycles. The zero-order valence-electron chi connectivity index (χ0n) is 16.6. The number of aromatic nitrogens is 4. The number of para-hydroxylation sites is 1. The molecule has 0 radical (unpaired) electrons. The highest BCUT2D eigenvalue weighted by Gasteiger charge is 2.21. The Kier molecular flexibility index (Phi) is 5.69. The summed E-state index contributed by atoms with van der Waals surface area (Å²) in [6, 6.07) is 10.5. The molecule has 1 fully saturated rings. The second-order valence-electron chi connectivity index (χ2n) is 7.28. The van der Waals surface area contributed by atoms with Crippen LogP contribution in [-0.4, -0.2) is 37.3 Å². The molecule has 0 amide bonds. The lowest BCUT2D eigenvalue weighted by Gasteiger charge is -2.16. The van der Waals surface area contributed by atoms with Crippen LogP contribution in [0.25, 0.3) is 17.1 Å². The van der Waals surface area contributed by atoms with E-state index in [0.717, 1.165) is 48.8 Å². The summed E-state index contributed by atoms with van der Waals surface area (Å²) in [6.45, 7) is 7.36. The Balaban J connectivity index is 1.93. The third kappa shape index (κ3) is 3.54. The molecule has 6 heteroatoms. The fourth-order valence-electron chi connectivity index (χ4n) is 4.00. The Bertz CT molecular complexity index is 977. The first-order valence-electron chi connectivity index (χ1n) is 10.2. The minimum Gasteiger partial charge on any atom is -0.284 e. The molecule has 0 atom stereocenters. The SMILES string of the molecule is CCc1cccc(CC)c1-n1c(-c2cccnc2)nn(CN2CCCC2)c1=S. The minimum absolute atomic E-state index is 0.745. The average Bonchev–Trinajstić information content (AvgIpc) is 3.36. The number of aryl methyl sites for hydroxylation is 2. The van der Waals surface area contributed by atoms with Crippen molar-refractivity contribution in [3.63, 3.8) is 0 Å². The van der Waals surface area contributed by atoms with E-state index < -0.39 is 0 Å². The summed E-state index contributed by atoms with van der Waals surface area (Å²) < 4.78 is 4.90. The van der Waals surface area contributed by atoms with Crippen LogP contribution in [0.2, 0.25) is 0 Å². The van der Waals surface area contributed by atoms with Crippen LogP contribution in [0.4, 0.5) is 0 Å². The molecule has 1 aromatic carbocycles. The predicted octanol–water partition coefficient (Wildman–Crippen LogP) is 4.64. The standard InChI is InChI=1S/C22H27N5S/c1-3-17-9-7-10-18(4-2)20(17)27-21(19-11-8-12-23-15-19)24-26(22(27)28)16-25-13-5-6-14-25/h7-12,15H,3-6,13-14,16H2,1-2H3. The second-order valence-corrected chi connectivity index (χ2v) is 7.65. The molecule has 0 unspecified atom stereocenters. The molecule has 3 heterocycles.